The molecule has 0 saturated heterocycles. The Balaban J connectivity index is 5.16. The number of phosphoric acid groups is 2. The molecule has 0 bridgehead atoms. The Morgan fingerprint density at radius 3 is 0.798 bits per heavy atom. The maximum Gasteiger partial charge on any atom is 0.472 e. The molecule has 89 heavy (non-hydrogen) atoms. The van der Waals surface area contributed by atoms with Crippen molar-refractivity contribution in [2.24, 2.45) is 23.7 Å². The molecule has 6 atom stereocenters. The summed E-state index contributed by atoms with van der Waals surface area (Å²) in [6.45, 7) is 14.0. The van der Waals surface area contributed by atoms with Crippen molar-refractivity contribution in [2.45, 2.75) is 363 Å². The number of rotatable bonds is 67. The van der Waals surface area contributed by atoms with Crippen LogP contribution >= 0.6 is 15.6 Å². The van der Waals surface area contributed by atoms with Crippen LogP contribution < -0.4 is 0 Å². The summed E-state index contributed by atoms with van der Waals surface area (Å²) >= 11 is 0. The van der Waals surface area contributed by atoms with Crippen LogP contribution in [0.1, 0.15) is 344 Å². The van der Waals surface area contributed by atoms with Crippen LogP contribution in [0.15, 0.2) is 0 Å². The molecular formula is C70H136O17P2. The van der Waals surface area contributed by atoms with E-state index in [1.165, 1.54) is 141 Å². The van der Waals surface area contributed by atoms with Gasteiger partial charge in [0.05, 0.1) is 26.4 Å². The molecular weight excluding hydrogens is 1170 g/mol. The van der Waals surface area contributed by atoms with Crippen LogP contribution in [-0.4, -0.2) is 96.7 Å². The van der Waals surface area contributed by atoms with Crippen LogP contribution in [0.25, 0.3) is 0 Å². The molecule has 0 aromatic rings. The number of phosphoric ester groups is 2. The molecule has 0 aliphatic heterocycles. The third kappa shape index (κ3) is 63.2. The van der Waals surface area contributed by atoms with Crippen LogP contribution in [0, 0.1) is 23.7 Å². The molecule has 0 aliphatic rings. The Kier molecular flexibility index (Phi) is 58.5. The zero-order valence-electron chi connectivity index (χ0n) is 58.1. The van der Waals surface area contributed by atoms with E-state index in [-0.39, 0.29) is 25.7 Å². The van der Waals surface area contributed by atoms with Crippen LogP contribution in [0.3, 0.4) is 0 Å². The van der Waals surface area contributed by atoms with E-state index in [0.717, 1.165) is 108 Å². The first-order valence-electron chi connectivity index (χ1n) is 36.2. The van der Waals surface area contributed by atoms with Gasteiger partial charge in [-0.25, -0.2) is 9.13 Å². The fourth-order valence-corrected chi connectivity index (χ4v) is 12.0. The molecule has 0 aromatic heterocycles. The molecule has 0 rings (SSSR count). The number of hydrogen-bond donors (Lipinski definition) is 3. The Bertz CT molecular complexity index is 1770. The highest BCUT2D eigenvalue weighted by atomic mass is 31.2. The molecule has 0 heterocycles. The first kappa shape index (κ1) is 87.1. The zero-order valence-corrected chi connectivity index (χ0v) is 59.8. The summed E-state index contributed by atoms with van der Waals surface area (Å²) in [4.78, 5) is 72.4. The van der Waals surface area contributed by atoms with Gasteiger partial charge in [-0.05, 0) is 49.4 Å². The molecule has 0 aromatic carbocycles. The minimum Gasteiger partial charge on any atom is -0.462 e. The van der Waals surface area contributed by atoms with Crippen LogP contribution in [0.2, 0.25) is 0 Å². The van der Waals surface area contributed by atoms with Gasteiger partial charge in [0.15, 0.2) is 12.2 Å². The standard InChI is InChI=1S/C70H136O17P2/c1-9-63(8)49-41-33-28-29-37-45-53-70(75)87-66(57-81-68(73)51-43-35-26-20-23-31-39-47-61(4)5)59-85-89(78,79)83-55-64(71)54-82-88(76,77)84-58-65(86-69(74)52-44-36-27-21-24-32-40-48-62(6)7)56-80-67(72)50-42-34-25-19-17-15-13-11-10-12-14-16-18-22-30-38-46-60(2)3/h60-66,71H,9-59H2,1-8H3,(H,76,77)(H,78,79)/t63?,64?,65-,66-/m1/s1. The SMILES string of the molecule is CCC(C)CCCCCCCCC(=O)O[C@H](COC(=O)CCCCCCCCCC(C)C)COP(=O)(O)OCC(O)COP(=O)(O)OC[C@@H](COC(=O)CCCCCCCCCCCCCCCCCCC(C)C)OC(=O)CCCCCCCCCC(C)C. The highest BCUT2D eigenvalue weighted by molar-refractivity contribution is 7.47. The molecule has 3 N–H and O–H groups in total. The Hall–Kier alpha value is -1.94. The van der Waals surface area contributed by atoms with Gasteiger partial charge < -0.3 is 33.8 Å². The van der Waals surface area contributed by atoms with Crippen LogP contribution in [-0.2, 0) is 65.4 Å². The highest BCUT2D eigenvalue weighted by Gasteiger charge is 2.30. The van der Waals surface area contributed by atoms with E-state index in [1.54, 1.807) is 0 Å². The van der Waals surface area contributed by atoms with E-state index in [2.05, 4.69) is 55.4 Å². The smallest absolute Gasteiger partial charge is 0.462 e. The van der Waals surface area contributed by atoms with Crippen molar-refractivity contribution in [1.29, 1.82) is 0 Å². The van der Waals surface area contributed by atoms with Crippen molar-refractivity contribution in [3.05, 3.63) is 0 Å². The summed E-state index contributed by atoms with van der Waals surface area (Å²) in [6.07, 6.45) is 42.0. The van der Waals surface area contributed by atoms with Gasteiger partial charge in [-0.15, -0.1) is 0 Å². The largest absolute Gasteiger partial charge is 0.472 e. The maximum atomic E-state index is 13.0. The monoisotopic (exact) mass is 1310 g/mol. The van der Waals surface area contributed by atoms with Gasteiger partial charge in [0.25, 0.3) is 0 Å². The maximum absolute atomic E-state index is 13.0. The molecule has 0 spiro atoms. The van der Waals surface area contributed by atoms with E-state index in [9.17, 15) is 43.2 Å². The zero-order chi connectivity index (χ0) is 66.1. The van der Waals surface area contributed by atoms with Gasteiger partial charge in [0.1, 0.15) is 19.3 Å². The molecule has 0 radical (unpaired) electrons. The number of carbonyl (C=O) groups excluding carboxylic acids is 4. The summed E-state index contributed by atoms with van der Waals surface area (Å²) < 4.78 is 68.2. The van der Waals surface area contributed by atoms with Crippen molar-refractivity contribution in [2.75, 3.05) is 39.6 Å². The summed E-state index contributed by atoms with van der Waals surface area (Å²) in [5.41, 5.74) is 0. The van der Waals surface area contributed by atoms with Gasteiger partial charge >= 0.3 is 39.5 Å². The van der Waals surface area contributed by atoms with E-state index in [1.807, 2.05) is 0 Å². The van der Waals surface area contributed by atoms with E-state index in [4.69, 9.17) is 37.0 Å². The summed E-state index contributed by atoms with van der Waals surface area (Å²) in [6, 6.07) is 0. The number of esters is 4. The van der Waals surface area contributed by atoms with Crippen molar-refractivity contribution in [3.63, 3.8) is 0 Å². The van der Waals surface area contributed by atoms with E-state index >= 15 is 0 Å². The molecule has 0 saturated carbocycles. The lowest BCUT2D eigenvalue weighted by atomic mass is 10.00. The molecule has 4 unspecified atom stereocenters. The Morgan fingerprint density at radius 2 is 0.539 bits per heavy atom. The molecule has 0 fully saturated rings. The van der Waals surface area contributed by atoms with Gasteiger partial charge in [-0.2, -0.15) is 0 Å². The molecule has 17 nitrogen and oxygen atoms in total. The second kappa shape index (κ2) is 59.8. The molecule has 0 aliphatic carbocycles. The second-order valence-electron chi connectivity index (χ2n) is 26.9. The molecule has 0 amide bonds. The Morgan fingerprint density at radius 1 is 0.315 bits per heavy atom. The average molecular weight is 1310 g/mol. The van der Waals surface area contributed by atoms with E-state index < -0.39 is 97.5 Å². The quantitative estimate of drug-likeness (QED) is 0.0222. The third-order valence-corrected chi connectivity index (χ3v) is 18.3. The number of hydrogen-bond acceptors (Lipinski definition) is 15. The lowest BCUT2D eigenvalue weighted by Gasteiger charge is -2.21. The highest BCUT2D eigenvalue weighted by Crippen LogP contribution is 2.45. The first-order chi connectivity index (χ1) is 42.6. The average Bonchev–Trinajstić information content (AvgIpc) is 3.68. The fourth-order valence-electron chi connectivity index (χ4n) is 10.5. The van der Waals surface area contributed by atoms with E-state index in [0.29, 0.717) is 37.5 Å². The lowest BCUT2D eigenvalue weighted by Crippen LogP contribution is -2.30. The first-order valence-corrected chi connectivity index (χ1v) is 39.2. The topological polar surface area (TPSA) is 237 Å². The number of aliphatic hydroxyl groups is 1. The van der Waals surface area contributed by atoms with Crippen molar-refractivity contribution < 1.29 is 80.2 Å². The molecule has 528 valence electrons. The van der Waals surface area contributed by atoms with Gasteiger partial charge in [-0.1, -0.05) is 293 Å². The Labute approximate surface area is 543 Å². The number of aliphatic hydroxyl groups excluding tert-OH is 1. The predicted octanol–water partition coefficient (Wildman–Crippen LogP) is 19.7. The lowest BCUT2D eigenvalue weighted by molar-refractivity contribution is -0.161. The van der Waals surface area contributed by atoms with Crippen LogP contribution in [0.4, 0.5) is 0 Å². The van der Waals surface area contributed by atoms with Crippen molar-refractivity contribution in [1.82, 2.24) is 0 Å². The predicted molar refractivity (Wildman–Crippen MR) is 358 cm³/mol. The second-order valence-corrected chi connectivity index (χ2v) is 29.8. The minimum atomic E-state index is -4.95. The minimum absolute atomic E-state index is 0.102. The van der Waals surface area contributed by atoms with Crippen LogP contribution in [0.5, 0.6) is 0 Å². The summed E-state index contributed by atoms with van der Waals surface area (Å²) in [5, 5.41) is 10.6. The molecule has 19 heteroatoms. The summed E-state index contributed by atoms with van der Waals surface area (Å²) in [7, 11) is -9.90. The third-order valence-electron chi connectivity index (χ3n) is 16.4. The van der Waals surface area contributed by atoms with Gasteiger partial charge in [0, 0.05) is 25.7 Å². The number of unbranched alkanes of at least 4 members (excludes halogenated alkanes) is 32. The number of ether oxygens (including phenoxy) is 4. The normalized spacial score (nSPS) is 14.6. The van der Waals surface area contributed by atoms with Gasteiger partial charge in [0.2, 0.25) is 0 Å². The summed E-state index contributed by atoms with van der Waals surface area (Å²) in [5.74, 6) is 0.798. The van der Waals surface area contributed by atoms with Crippen molar-refractivity contribution in [3.8, 4) is 0 Å². The fraction of sp³-hybridized carbons (Fsp3) is 0.943. The van der Waals surface area contributed by atoms with Gasteiger partial charge in [-0.3, -0.25) is 37.3 Å². The van der Waals surface area contributed by atoms with Crippen molar-refractivity contribution >= 4 is 39.5 Å². The number of carbonyl (C=O) groups is 4.